The van der Waals surface area contributed by atoms with Crippen molar-refractivity contribution in [2.75, 3.05) is 13.2 Å². The van der Waals surface area contributed by atoms with Crippen LogP contribution in [0, 0.1) is 0 Å². The third-order valence-electron chi connectivity index (χ3n) is 1.72. The fraction of sp³-hybridized carbons (Fsp3) is 1.00. The number of hydrogen-bond acceptors (Lipinski definition) is 4. The van der Waals surface area contributed by atoms with E-state index in [1.54, 1.807) is 13.8 Å². The molecular formula is C7H15NO3. The molecule has 1 saturated heterocycles. The molecule has 0 spiro atoms. The molecule has 0 aromatic rings. The molecule has 4 nitrogen and oxygen atoms in total. The topological polar surface area (TPSA) is 64.7 Å². The minimum Gasteiger partial charge on any atom is -0.389 e. The highest BCUT2D eigenvalue weighted by Crippen LogP contribution is 2.16. The van der Waals surface area contributed by atoms with Crippen LogP contribution in [-0.4, -0.2) is 36.3 Å². The van der Waals surface area contributed by atoms with Crippen molar-refractivity contribution in [3.05, 3.63) is 0 Å². The Bertz CT molecular complexity index is 124. The molecule has 1 aliphatic heterocycles. The minimum atomic E-state index is -0.616. The summed E-state index contributed by atoms with van der Waals surface area (Å²) in [6, 6.07) is -0.336. The van der Waals surface area contributed by atoms with Gasteiger partial charge >= 0.3 is 0 Å². The quantitative estimate of drug-likeness (QED) is 0.500. The molecule has 1 fully saturated rings. The normalized spacial score (nSPS) is 38.2. The molecular weight excluding hydrogens is 146 g/mol. The van der Waals surface area contributed by atoms with Crippen LogP contribution in [0.2, 0.25) is 0 Å². The van der Waals surface area contributed by atoms with Crippen LogP contribution in [0.1, 0.15) is 13.8 Å². The number of nitrogens with two attached hydrogens (primary N) is 1. The van der Waals surface area contributed by atoms with Crippen molar-refractivity contribution in [3.8, 4) is 0 Å². The van der Waals surface area contributed by atoms with Crippen LogP contribution in [0.3, 0.4) is 0 Å². The average Bonchev–Trinajstić information content (AvgIpc) is 2.03. The summed E-state index contributed by atoms with van der Waals surface area (Å²) in [7, 11) is 0. The maximum Gasteiger partial charge on any atom is 0.162 e. The summed E-state index contributed by atoms with van der Waals surface area (Å²) in [5, 5.41) is 9.26. The highest BCUT2D eigenvalue weighted by molar-refractivity contribution is 4.75. The van der Waals surface area contributed by atoms with Gasteiger partial charge in [-0.05, 0) is 13.8 Å². The summed E-state index contributed by atoms with van der Waals surface area (Å²) in [5.41, 5.74) is 5.54. The number of hydrogen-bond donors (Lipinski definition) is 2. The molecule has 1 rings (SSSR count). The lowest BCUT2D eigenvalue weighted by atomic mass is 10.2. The largest absolute Gasteiger partial charge is 0.389 e. The van der Waals surface area contributed by atoms with Gasteiger partial charge in [0.05, 0.1) is 25.4 Å². The zero-order chi connectivity index (χ0) is 8.48. The SMILES string of the molecule is CC1(C)OC[C@@H](O)[C@@H](N)CO1. The van der Waals surface area contributed by atoms with Crippen LogP contribution in [0.25, 0.3) is 0 Å². The lowest BCUT2D eigenvalue weighted by Gasteiger charge is -2.22. The minimum absolute atomic E-state index is 0.244. The van der Waals surface area contributed by atoms with Crippen LogP contribution in [-0.2, 0) is 9.47 Å². The second-order valence-corrected chi connectivity index (χ2v) is 3.25. The second kappa shape index (κ2) is 3.06. The zero-order valence-corrected chi connectivity index (χ0v) is 6.91. The maximum atomic E-state index is 9.26. The lowest BCUT2D eigenvalue weighted by molar-refractivity contribution is -0.203. The van der Waals surface area contributed by atoms with Crippen molar-refractivity contribution in [1.29, 1.82) is 0 Å². The fourth-order valence-electron chi connectivity index (χ4n) is 0.859. The predicted octanol–water partition coefficient (Wildman–Crippen LogP) is -0.542. The van der Waals surface area contributed by atoms with Crippen molar-refractivity contribution < 1.29 is 14.6 Å². The molecule has 3 N–H and O–H groups in total. The Morgan fingerprint density at radius 2 is 1.91 bits per heavy atom. The molecule has 4 heteroatoms. The molecule has 0 unspecified atom stereocenters. The first kappa shape index (κ1) is 8.93. The maximum absolute atomic E-state index is 9.26. The summed E-state index contributed by atoms with van der Waals surface area (Å²) in [6.07, 6.45) is -0.614. The van der Waals surface area contributed by atoms with E-state index in [4.69, 9.17) is 15.2 Å². The predicted molar refractivity (Wildman–Crippen MR) is 40.0 cm³/mol. The van der Waals surface area contributed by atoms with Crippen molar-refractivity contribution in [2.24, 2.45) is 5.73 Å². The highest BCUT2D eigenvalue weighted by Gasteiger charge is 2.28. The Kier molecular flexibility index (Phi) is 2.49. The molecule has 66 valence electrons. The van der Waals surface area contributed by atoms with Crippen LogP contribution >= 0.6 is 0 Å². The van der Waals surface area contributed by atoms with E-state index in [0.717, 1.165) is 0 Å². The first-order valence-corrected chi connectivity index (χ1v) is 3.73. The molecule has 11 heavy (non-hydrogen) atoms. The van der Waals surface area contributed by atoms with Crippen LogP contribution in [0.15, 0.2) is 0 Å². The van der Waals surface area contributed by atoms with Gasteiger partial charge in [-0.3, -0.25) is 0 Å². The van der Waals surface area contributed by atoms with E-state index < -0.39 is 11.9 Å². The molecule has 0 aromatic carbocycles. The van der Waals surface area contributed by atoms with Crippen LogP contribution < -0.4 is 5.73 Å². The Morgan fingerprint density at radius 3 is 2.55 bits per heavy atom. The standard InChI is InChI=1S/C7H15NO3/c1-7(2)10-3-5(8)6(9)4-11-7/h5-6,9H,3-4,8H2,1-2H3/t5-,6+/m0/s1. The van der Waals surface area contributed by atoms with E-state index in [1.807, 2.05) is 0 Å². The molecule has 0 saturated carbocycles. The van der Waals surface area contributed by atoms with E-state index in [-0.39, 0.29) is 12.6 Å². The third-order valence-corrected chi connectivity index (χ3v) is 1.72. The number of aliphatic hydroxyl groups excluding tert-OH is 1. The van der Waals surface area contributed by atoms with E-state index in [1.165, 1.54) is 0 Å². The Labute approximate surface area is 66.3 Å². The Morgan fingerprint density at radius 1 is 1.36 bits per heavy atom. The van der Waals surface area contributed by atoms with E-state index >= 15 is 0 Å². The molecule has 0 aliphatic carbocycles. The Hall–Kier alpha value is -0.160. The molecule has 1 aliphatic rings. The molecule has 2 atom stereocenters. The molecule has 0 radical (unpaired) electrons. The van der Waals surface area contributed by atoms with Gasteiger partial charge in [-0.25, -0.2) is 0 Å². The number of ether oxygens (including phenoxy) is 2. The first-order chi connectivity index (χ1) is 5.01. The van der Waals surface area contributed by atoms with Gasteiger partial charge < -0.3 is 20.3 Å². The molecule has 1 heterocycles. The summed E-state index contributed by atoms with van der Waals surface area (Å²) in [6.45, 7) is 4.19. The van der Waals surface area contributed by atoms with Crippen molar-refractivity contribution >= 4 is 0 Å². The van der Waals surface area contributed by atoms with Crippen LogP contribution in [0.5, 0.6) is 0 Å². The monoisotopic (exact) mass is 161 g/mol. The van der Waals surface area contributed by atoms with Gasteiger partial charge in [-0.1, -0.05) is 0 Å². The average molecular weight is 161 g/mol. The number of rotatable bonds is 0. The summed E-state index contributed by atoms with van der Waals surface area (Å²) in [4.78, 5) is 0. The van der Waals surface area contributed by atoms with Crippen molar-refractivity contribution in [2.45, 2.75) is 31.8 Å². The first-order valence-electron chi connectivity index (χ1n) is 3.73. The summed E-state index contributed by atoms with van der Waals surface area (Å²) < 4.78 is 10.5. The van der Waals surface area contributed by atoms with Gasteiger partial charge in [0.2, 0.25) is 0 Å². The third kappa shape index (κ3) is 2.41. The smallest absolute Gasteiger partial charge is 0.162 e. The van der Waals surface area contributed by atoms with Gasteiger partial charge in [0.1, 0.15) is 0 Å². The summed E-state index contributed by atoms with van der Waals surface area (Å²) in [5.74, 6) is -0.616. The fourth-order valence-corrected chi connectivity index (χ4v) is 0.859. The van der Waals surface area contributed by atoms with Crippen LogP contribution in [0.4, 0.5) is 0 Å². The van der Waals surface area contributed by atoms with Gasteiger partial charge in [-0.2, -0.15) is 0 Å². The Balaban J connectivity index is 2.51. The van der Waals surface area contributed by atoms with Gasteiger partial charge in [0.15, 0.2) is 5.79 Å². The molecule has 0 bridgehead atoms. The lowest BCUT2D eigenvalue weighted by Crippen LogP contribution is -2.39. The van der Waals surface area contributed by atoms with E-state index in [9.17, 15) is 5.11 Å². The molecule has 0 amide bonds. The van der Waals surface area contributed by atoms with Crippen molar-refractivity contribution in [1.82, 2.24) is 0 Å². The zero-order valence-electron chi connectivity index (χ0n) is 6.91. The van der Waals surface area contributed by atoms with Gasteiger partial charge in [-0.15, -0.1) is 0 Å². The highest BCUT2D eigenvalue weighted by atomic mass is 16.7. The second-order valence-electron chi connectivity index (χ2n) is 3.25. The van der Waals surface area contributed by atoms with Crippen molar-refractivity contribution in [3.63, 3.8) is 0 Å². The number of aliphatic hydroxyl groups is 1. The molecule has 0 aromatic heterocycles. The van der Waals surface area contributed by atoms with E-state index in [0.29, 0.717) is 6.61 Å². The van der Waals surface area contributed by atoms with Gasteiger partial charge in [0.25, 0.3) is 0 Å². The summed E-state index contributed by atoms with van der Waals surface area (Å²) >= 11 is 0. The van der Waals surface area contributed by atoms with E-state index in [2.05, 4.69) is 0 Å². The van der Waals surface area contributed by atoms with Gasteiger partial charge in [0, 0.05) is 0 Å².